The predicted molar refractivity (Wildman–Crippen MR) is 101 cm³/mol. The van der Waals surface area contributed by atoms with E-state index in [1.807, 2.05) is 12.1 Å². The Morgan fingerprint density at radius 2 is 2.12 bits per heavy atom. The van der Waals surface area contributed by atoms with Gasteiger partial charge in [0.15, 0.2) is 6.61 Å². The SMILES string of the molecule is CCC[C@H](C)CC[C@@H]1[C@H]2Cc3cccc(OCC(=O)O)c3C[C@H]2C[C@H]1O. The molecule has 0 unspecified atom stereocenters. The zero-order valence-corrected chi connectivity index (χ0v) is 16.0. The fourth-order valence-electron chi connectivity index (χ4n) is 5.19. The van der Waals surface area contributed by atoms with Crippen LogP contribution in [0.1, 0.15) is 57.1 Å². The molecule has 4 nitrogen and oxygen atoms in total. The first-order valence-electron chi connectivity index (χ1n) is 10.1. The maximum absolute atomic E-state index is 10.8. The second-order valence-corrected chi connectivity index (χ2v) is 8.35. The number of benzene rings is 1. The predicted octanol–water partition coefficient (Wildman–Crippen LogP) is 4.08. The van der Waals surface area contributed by atoms with E-state index in [1.165, 1.54) is 24.8 Å². The third-order valence-corrected chi connectivity index (χ3v) is 6.47. The molecular weight excluding hydrogens is 328 g/mol. The van der Waals surface area contributed by atoms with Crippen molar-refractivity contribution < 1.29 is 19.7 Å². The third-order valence-electron chi connectivity index (χ3n) is 6.47. The van der Waals surface area contributed by atoms with E-state index in [4.69, 9.17) is 9.84 Å². The summed E-state index contributed by atoms with van der Waals surface area (Å²) >= 11 is 0. The van der Waals surface area contributed by atoms with Gasteiger partial charge in [-0.25, -0.2) is 4.79 Å². The molecule has 26 heavy (non-hydrogen) atoms. The van der Waals surface area contributed by atoms with Crippen LogP contribution in [0, 0.1) is 23.7 Å². The first-order valence-corrected chi connectivity index (χ1v) is 10.1. The molecule has 0 spiro atoms. The average molecular weight is 360 g/mol. The number of ether oxygens (including phenoxy) is 1. The molecule has 0 saturated heterocycles. The molecule has 0 bridgehead atoms. The van der Waals surface area contributed by atoms with Gasteiger partial charge in [0.05, 0.1) is 6.10 Å². The number of carbonyl (C=O) groups is 1. The van der Waals surface area contributed by atoms with Crippen molar-refractivity contribution in [2.75, 3.05) is 6.61 Å². The van der Waals surface area contributed by atoms with Crippen molar-refractivity contribution in [2.45, 2.75) is 64.9 Å². The van der Waals surface area contributed by atoms with E-state index in [0.29, 0.717) is 23.5 Å². The number of carboxylic acid groups (broad SMARTS) is 1. The zero-order valence-electron chi connectivity index (χ0n) is 16.0. The average Bonchev–Trinajstić information content (AvgIpc) is 2.90. The Morgan fingerprint density at radius 1 is 1.31 bits per heavy atom. The number of aliphatic hydroxyl groups is 1. The fourth-order valence-corrected chi connectivity index (χ4v) is 5.19. The molecule has 0 aliphatic heterocycles. The summed E-state index contributed by atoms with van der Waals surface area (Å²) in [4.78, 5) is 10.8. The molecule has 3 rings (SSSR count). The maximum Gasteiger partial charge on any atom is 0.341 e. The molecule has 5 atom stereocenters. The minimum absolute atomic E-state index is 0.198. The lowest BCUT2D eigenvalue weighted by Gasteiger charge is -2.32. The summed E-state index contributed by atoms with van der Waals surface area (Å²) in [7, 11) is 0. The molecule has 1 aromatic rings. The standard InChI is InChI=1S/C22H32O4/c1-3-5-14(2)8-9-17-18-10-15-6-4-7-21(26-13-22(24)25)19(15)11-16(18)12-20(17)23/h4,6-7,14,16-18,20,23H,3,5,8-13H2,1-2H3,(H,24,25)/t14-,16-,17+,18-,20+/m0/s1. The maximum atomic E-state index is 10.8. The number of hydrogen-bond acceptors (Lipinski definition) is 3. The zero-order chi connectivity index (χ0) is 18.7. The van der Waals surface area contributed by atoms with Crippen molar-refractivity contribution in [3.05, 3.63) is 29.3 Å². The van der Waals surface area contributed by atoms with E-state index in [1.54, 1.807) is 0 Å². The first kappa shape index (κ1) is 19.2. The summed E-state index contributed by atoms with van der Waals surface area (Å²) in [6.45, 7) is 4.26. The van der Waals surface area contributed by atoms with Crippen molar-refractivity contribution >= 4 is 5.97 Å². The van der Waals surface area contributed by atoms with Crippen LogP contribution < -0.4 is 4.74 Å². The molecule has 0 radical (unpaired) electrons. The molecule has 2 aliphatic rings. The Kier molecular flexibility index (Phi) is 6.23. The van der Waals surface area contributed by atoms with Crippen LogP contribution in [0.4, 0.5) is 0 Å². The van der Waals surface area contributed by atoms with Crippen LogP contribution in [0.15, 0.2) is 18.2 Å². The smallest absolute Gasteiger partial charge is 0.341 e. The number of aliphatic hydroxyl groups excluding tert-OH is 1. The largest absolute Gasteiger partial charge is 0.482 e. The molecule has 1 fully saturated rings. The van der Waals surface area contributed by atoms with Crippen LogP contribution in [-0.2, 0) is 17.6 Å². The lowest BCUT2D eigenvalue weighted by atomic mass is 9.73. The van der Waals surface area contributed by atoms with E-state index in [2.05, 4.69) is 19.9 Å². The van der Waals surface area contributed by atoms with Crippen LogP contribution in [0.3, 0.4) is 0 Å². The van der Waals surface area contributed by atoms with Crippen LogP contribution in [0.2, 0.25) is 0 Å². The van der Waals surface area contributed by atoms with Gasteiger partial charge in [-0.2, -0.15) is 0 Å². The van der Waals surface area contributed by atoms with Gasteiger partial charge in [-0.3, -0.25) is 0 Å². The summed E-state index contributed by atoms with van der Waals surface area (Å²) in [5.74, 6) is 1.92. The Hall–Kier alpha value is -1.55. The summed E-state index contributed by atoms with van der Waals surface area (Å²) in [5.41, 5.74) is 2.43. The van der Waals surface area contributed by atoms with E-state index in [9.17, 15) is 9.90 Å². The summed E-state index contributed by atoms with van der Waals surface area (Å²) in [6, 6.07) is 5.97. The number of fused-ring (bicyclic) bond motifs is 2. The van der Waals surface area contributed by atoms with Gasteiger partial charge in [0.25, 0.3) is 0 Å². The van der Waals surface area contributed by atoms with E-state index >= 15 is 0 Å². The van der Waals surface area contributed by atoms with Gasteiger partial charge in [-0.1, -0.05) is 45.2 Å². The summed E-state index contributed by atoms with van der Waals surface area (Å²) in [6.07, 6.45) is 7.36. The molecule has 1 aromatic carbocycles. The highest BCUT2D eigenvalue weighted by Crippen LogP contribution is 2.48. The van der Waals surface area contributed by atoms with E-state index in [-0.39, 0.29) is 12.7 Å². The highest BCUT2D eigenvalue weighted by Gasteiger charge is 2.44. The molecular formula is C22H32O4. The molecule has 1 saturated carbocycles. The van der Waals surface area contributed by atoms with Crippen molar-refractivity contribution in [3.63, 3.8) is 0 Å². The minimum atomic E-state index is -0.950. The Labute approximate surface area is 156 Å². The van der Waals surface area contributed by atoms with Gasteiger partial charge in [0.2, 0.25) is 0 Å². The lowest BCUT2D eigenvalue weighted by Crippen LogP contribution is -2.27. The van der Waals surface area contributed by atoms with Crippen molar-refractivity contribution in [1.29, 1.82) is 0 Å². The van der Waals surface area contributed by atoms with Gasteiger partial charge >= 0.3 is 5.97 Å². The Balaban J connectivity index is 1.70. The molecule has 0 heterocycles. The molecule has 144 valence electrons. The van der Waals surface area contributed by atoms with Crippen LogP contribution in [0.25, 0.3) is 0 Å². The highest BCUT2D eigenvalue weighted by molar-refractivity contribution is 5.68. The number of carboxylic acids is 1. The molecule has 4 heteroatoms. The summed E-state index contributed by atoms with van der Waals surface area (Å²) in [5, 5.41) is 19.6. The van der Waals surface area contributed by atoms with Gasteiger partial charge < -0.3 is 14.9 Å². The summed E-state index contributed by atoms with van der Waals surface area (Å²) < 4.78 is 5.51. The van der Waals surface area contributed by atoms with E-state index < -0.39 is 5.97 Å². The van der Waals surface area contributed by atoms with Crippen LogP contribution in [0.5, 0.6) is 5.75 Å². The Morgan fingerprint density at radius 3 is 2.85 bits per heavy atom. The molecule has 0 amide bonds. The number of aliphatic carboxylic acids is 1. The third kappa shape index (κ3) is 4.22. The second kappa shape index (κ2) is 8.43. The monoisotopic (exact) mass is 360 g/mol. The van der Waals surface area contributed by atoms with Crippen molar-refractivity contribution in [2.24, 2.45) is 23.7 Å². The van der Waals surface area contributed by atoms with Gasteiger partial charge in [0.1, 0.15) is 5.75 Å². The fraction of sp³-hybridized carbons (Fsp3) is 0.682. The van der Waals surface area contributed by atoms with Gasteiger partial charge in [-0.05, 0) is 66.5 Å². The molecule has 0 aromatic heterocycles. The first-order chi connectivity index (χ1) is 12.5. The minimum Gasteiger partial charge on any atom is -0.482 e. The van der Waals surface area contributed by atoms with Crippen molar-refractivity contribution in [1.82, 2.24) is 0 Å². The lowest BCUT2D eigenvalue weighted by molar-refractivity contribution is -0.139. The van der Waals surface area contributed by atoms with Crippen molar-refractivity contribution in [3.8, 4) is 5.75 Å². The van der Waals surface area contributed by atoms with E-state index in [0.717, 1.165) is 37.2 Å². The van der Waals surface area contributed by atoms with Gasteiger partial charge in [-0.15, -0.1) is 0 Å². The second-order valence-electron chi connectivity index (χ2n) is 8.35. The number of rotatable bonds is 8. The topological polar surface area (TPSA) is 66.8 Å². The van der Waals surface area contributed by atoms with Crippen LogP contribution in [-0.4, -0.2) is 28.9 Å². The molecule has 2 N–H and O–H groups in total. The quantitative estimate of drug-likeness (QED) is 0.733. The normalized spacial score (nSPS) is 28.3. The Bertz CT molecular complexity index is 627. The van der Waals surface area contributed by atoms with Crippen LogP contribution >= 0.6 is 0 Å². The number of hydrogen-bond donors (Lipinski definition) is 2. The van der Waals surface area contributed by atoms with Gasteiger partial charge in [0, 0.05) is 0 Å². The highest BCUT2D eigenvalue weighted by atomic mass is 16.5. The molecule has 2 aliphatic carbocycles.